The van der Waals surface area contributed by atoms with Gasteiger partial charge in [0.05, 0.1) is 39.6 Å². The maximum absolute atomic E-state index is 13.7. The van der Waals surface area contributed by atoms with E-state index in [1.165, 1.54) is 7.05 Å². The van der Waals surface area contributed by atoms with Crippen molar-refractivity contribution in [2.75, 3.05) is 46.7 Å². The molecular weight excluding hydrogens is 585 g/mol. The van der Waals surface area contributed by atoms with Crippen LogP contribution in [0, 0.1) is 17.2 Å². The number of aliphatic carboxylic acids is 1. The van der Waals surface area contributed by atoms with E-state index < -0.39 is 49.9 Å². The first kappa shape index (κ1) is 40.4. The molecule has 252 valence electrons. The van der Waals surface area contributed by atoms with Gasteiger partial charge in [-0.05, 0) is 19.3 Å². The predicted octanol–water partition coefficient (Wildman–Crippen LogP) is 6.19. The number of guanidine groups is 1. The van der Waals surface area contributed by atoms with E-state index in [0.717, 1.165) is 49.8 Å². The number of hydrogen-bond donors (Lipinski definition) is 3. The van der Waals surface area contributed by atoms with Crippen molar-refractivity contribution in [1.82, 2.24) is 9.99 Å². The maximum Gasteiger partial charge on any atom is 0.508 e. The number of carbonyl (C=O) groups excluding carboxylic acids is 2. The Labute approximate surface area is 256 Å². The smallest absolute Gasteiger partial charge is 0.480 e. The Morgan fingerprint density at radius 1 is 0.767 bits per heavy atom. The van der Waals surface area contributed by atoms with Gasteiger partial charge in [0.1, 0.15) is 6.04 Å². The Bertz CT molecular complexity index is 820. The summed E-state index contributed by atoms with van der Waals surface area (Å²) in [4.78, 5) is 36.5. The van der Waals surface area contributed by atoms with Gasteiger partial charge in [-0.25, -0.2) is 18.9 Å². The SMILES string of the molecule is CCCCCOC(=O)OCC(C)COP(=O)(NC(=N)N(C)C(CCCC)C(=O)O)OCC(C)COC(=O)OCCCCC. The van der Waals surface area contributed by atoms with Gasteiger partial charge in [-0.1, -0.05) is 73.1 Å². The molecule has 0 rings (SSSR count). The maximum atomic E-state index is 13.7. The average molecular weight is 640 g/mol. The lowest BCUT2D eigenvalue weighted by molar-refractivity contribution is -0.141. The molecule has 3 N–H and O–H groups in total. The molecule has 0 radical (unpaired) electrons. The Hall–Kier alpha value is -2.57. The number of carboxylic acid groups (broad SMARTS) is 1. The summed E-state index contributed by atoms with van der Waals surface area (Å²) in [5, 5.41) is 20.4. The van der Waals surface area contributed by atoms with E-state index in [1.807, 2.05) is 20.8 Å². The summed E-state index contributed by atoms with van der Waals surface area (Å²) in [6, 6.07) is -1.03. The molecule has 0 amide bonds. The van der Waals surface area contributed by atoms with Gasteiger partial charge in [0.15, 0.2) is 0 Å². The van der Waals surface area contributed by atoms with E-state index in [4.69, 9.17) is 33.4 Å². The number of rotatable bonds is 24. The fourth-order valence-corrected chi connectivity index (χ4v) is 4.93. The van der Waals surface area contributed by atoms with Crippen LogP contribution in [0.2, 0.25) is 0 Å². The molecule has 0 aromatic heterocycles. The number of carbonyl (C=O) groups is 3. The van der Waals surface area contributed by atoms with E-state index in [2.05, 4.69) is 5.09 Å². The molecule has 0 aliphatic rings. The lowest BCUT2D eigenvalue weighted by Gasteiger charge is -2.30. The Kier molecular flexibility index (Phi) is 22.4. The topological polar surface area (TPSA) is 183 Å². The largest absolute Gasteiger partial charge is 0.508 e. The molecule has 43 heavy (non-hydrogen) atoms. The second-order valence-corrected chi connectivity index (χ2v) is 12.3. The summed E-state index contributed by atoms with van der Waals surface area (Å²) in [7, 11) is -2.83. The molecule has 0 saturated carbocycles. The summed E-state index contributed by atoms with van der Waals surface area (Å²) < 4.78 is 45.0. The minimum atomic E-state index is -4.23. The van der Waals surface area contributed by atoms with E-state index in [0.29, 0.717) is 6.42 Å². The van der Waals surface area contributed by atoms with Crippen LogP contribution in [-0.4, -0.2) is 87.0 Å². The van der Waals surface area contributed by atoms with Crippen molar-refractivity contribution in [1.29, 1.82) is 5.41 Å². The van der Waals surface area contributed by atoms with Crippen molar-refractivity contribution in [3.05, 3.63) is 0 Å². The number of unbranched alkanes of at least 4 members (excludes halogenated alkanes) is 5. The second-order valence-electron chi connectivity index (χ2n) is 10.6. The van der Waals surface area contributed by atoms with Gasteiger partial charge in [0, 0.05) is 18.9 Å². The first-order valence-electron chi connectivity index (χ1n) is 15.2. The van der Waals surface area contributed by atoms with Crippen LogP contribution >= 0.6 is 7.75 Å². The van der Waals surface area contributed by atoms with E-state index in [-0.39, 0.29) is 46.1 Å². The molecule has 0 aromatic rings. The number of nitrogens with zero attached hydrogens (tertiary/aromatic N) is 1. The first-order valence-corrected chi connectivity index (χ1v) is 16.7. The minimum Gasteiger partial charge on any atom is -0.480 e. The fraction of sp³-hybridized carbons (Fsp3) is 0.857. The fourth-order valence-electron chi connectivity index (χ4n) is 3.41. The summed E-state index contributed by atoms with van der Waals surface area (Å²) >= 11 is 0. The lowest BCUT2D eigenvalue weighted by Crippen LogP contribution is -2.47. The van der Waals surface area contributed by atoms with Gasteiger partial charge in [-0.3, -0.25) is 19.5 Å². The van der Waals surface area contributed by atoms with Crippen molar-refractivity contribution in [3.8, 4) is 0 Å². The molecule has 3 atom stereocenters. The highest BCUT2D eigenvalue weighted by Crippen LogP contribution is 2.44. The summed E-state index contributed by atoms with van der Waals surface area (Å²) in [5.41, 5.74) is 0. The molecule has 14 nitrogen and oxygen atoms in total. The molecule has 0 aliphatic carbocycles. The van der Waals surface area contributed by atoms with Crippen LogP contribution in [0.25, 0.3) is 0 Å². The van der Waals surface area contributed by atoms with Crippen molar-refractivity contribution in [2.24, 2.45) is 11.8 Å². The zero-order valence-electron chi connectivity index (χ0n) is 26.8. The van der Waals surface area contributed by atoms with Crippen LogP contribution in [0.3, 0.4) is 0 Å². The molecule has 0 aliphatic heterocycles. The molecule has 0 aromatic carbocycles. The minimum absolute atomic E-state index is 0.0767. The van der Waals surface area contributed by atoms with E-state index in [1.54, 1.807) is 13.8 Å². The number of carboxylic acids is 1. The zero-order valence-corrected chi connectivity index (χ0v) is 27.7. The Morgan fingerprint density at radius 3 is 1.60 bits per heavy atom. The normalized spacial score (nSPS) is 14.5. The summed E-state index contributed by atoms with van der Waals surface area (Å²) in [6.45, 7) is 9.38. The lowest BCUT2D eigenvalue weighted by atomic mass is 10.1. The highest BCUT2D eigenvalue weighted by molar-refractivity contribution is 7.52. The van der Waals surface area contributed by atoms with Crippen LogP contribution in [0.4, 0.5) is 9.59 Å². The van der Waals surface area contributed by atoms with Gasteiger partial charge in [-0.2, -0.15) is 0 Å². The van der Waals surface area contributed by atoms with Crippen molar-refractivity contribution < 1.29 is 52.1 Å². The molecule has 0 fully saturated rings. The Balaban J connectivity index is 5.20. The van der Waals surface area contributed by atoms with Crippen molar-refractivity contribution in [2.45, 2.75) is 98.4 Å². The van der Waals surface area contributed by atoms with Gasteiger partial charge >= 0.3 is 26.0 Å². The molecular formula is C28H54N3O11P. The highest BCUT2D eigenvalue weighted by atomic mass is 31.2. The predicted molar refractivity (Wildman–Crippen MR) is 161 cm³/mol. The van der Waals surface area contributed by atoms with Crippen LogP contribution in [0.5, 0.6) is 0 Å². The van der Waals surface area contributed by atoms with Crippen molar-refractivity contribution >= 4 is 32.0 Å². The highest BCUT2D eigenvalue weighted by Gasteiger charge is 2.32. The number of hydrogen-bond acceptors (Lipinski definition) is 11. The quantitative estimate of drug-likeness (QED) is 0.0358. The second kappa shape index (κ2) is 23.8. The van der Waals surface area contributed by atoms with Crippen LogP contribution in [-0.2, 0) is 37.4 Å². The third-order valence-corrected chi connectivity index (χ3v) is 7.61. The first-order chi connectivity index (χ1) is 20.4. The average Bonchev–Trinajstić information content (AvgIpc) is 2.97. The van der Waals surface area contributed by atoms with Gasteiger partial charge in [0.25, 0.3) is 0 Å². The third-order valence-electron chi connectivity index (χ3n) is 6.14. The van der Waals surface area contributed by atoms with Crippen LogP contribution in [0.15, 0.2) is 0 Å². The van der Waals surface area contributed by atoms with Gasteiger partial charge in [0.2, 0.25) is 5.96 Å². The number of likely N-dealkylation sites (N-methyl/N-ethyl adjacent to an activating group) is 1. The Morgan fingerprint density at radius 2 is 1.21 bits per heavy atom. The standard InChI is InChI=1S/C28H54N3O11P/c1-7-10-13-16-37-27(34)39-18-22(4)20-41-43(36,30-26(29)31(6)24(25(32)33)15-12-9-3)42-21-23(5)19-40-28(35)38-17-14-11-8-2/h22-24H,7-21H2,1-6H3,(H,32,33)(H2,29,30,36). The molecule has 0 spiro atoms. The van der Waals surface area contributed by atoms with Crippen LogP contribution in [0.1, 0.15) is 92.4 Å². The molecule has 3 unspecified atom stereocenters. The number of nitrogens with one attached hydrogen (secondary N) is 2. The summed E-state index contributed by atoms with van der Waals surface area (Å²) in [5.74, 6) is -2.44. The molecule has 15 heteroatoms. The molecule has 0 heterocycles. The molecule has 0 bridgehead atoms. The van der Waals surface area contributed by atoms with Gasteiger partial charge < -0.3 is 29.0 Å². The zero-order chi connectivity index (χ0) is 32.7. The van der Waals surface area contributed by atoms with E-state index >= 15 is 0 Å². The van der Waals surface area contributed by atoms with E-state index in [9.17, 15) is 24.1 Å². The molecule has 0 saturated heterocycles. The van der Waals surface area contributed by atoms with Gasteiger partial charge in [-0.15, -0.1) is 0 Å². The monoisotopic (exact) mass is 639 g/mol. The third kappa shape index (κ3) is 20.1. The van der Waals surface area contributed by atoms with Crippen LogP contribution < -0.4 is 5.09 Å². The number of ether oxygens (including phenoxy) is 4. The van der Waals surface area contributed by atoms with Crippen molar-refractivity contribution in [3.63, 3.8) is 0 Å². The summed E-state index contributed by atoms with van der Waals surface area (Å²) in [6.07, 6.45) is 5.37.